The second kappa shape index (κ2) is 10.9. The summed E-state index contributed by atoms with van der Waals surface area (Å²) in [6, 6.07) is 30.1. The van der Waals surface area contributed by atoms with Crippen LogP contribution < -0.4 is 21.1 Å². The Morgan fingerprint density at radius 1 is 0.722 bits per heavy atom. The van der Waals surface area contributed by atoms with Crippen LogP contribution in [0.2, 0.25) is 0 Å². The van der Waals surface area contributed by atoms with Crippen LogP contribution in [0.1, 0.15) is 22.7 Å². The predicted molar refractivity (Wildman–Crippen MR) is 142 cm³/mol. The molecule has 0 heterocycles. The van der Waals surface area contributed by atoms with E-state index in [-0.39, 0.29) is 10.7 Å². The van der Waals surface area contributed by atoms with Crippen LogP contribution in [-0.4, -0.2) is 20.3 Å². The minimum atomic E-state index is -3.87. The van der Waals surface area contributed by atoms with E-state index in [0.717, 1.165) is 11.1 Å². The third kappa shape index (κ3) is 6.15. The number of hydrogen-bond donors (Lipinski definition) is 5. The maximum Gasteiger partial charge on any atom is 0.323 e. The Morgan fingerprint density at radius 3 is 1.83 bits per heavy atom. The summed E-state index contributed by atoms with van der Waals surface area (Å²) in [5.74, 6) is -0.105. The lowest BCUT2D eigenvalue weighted by atomic mass is 10.00. The van der Waals surface area contributed by atoms with Crippen LogP contribution in [0.5, 0.6) is 0 Å². The van der Waals surface area contributed by atoms with Gasteiger partial charge in [-0.05, 0) is 47.5 Å². The molecule has 0 saturated heterocycles. The van der Waals surface area contributed by atoms with Crippen LogP contribution in [0.15, 0.2) is 114 Å². The van der Waals surface area contributed by atoms with Crippen LogP contribution in [0.4, 0.5) is 16.2 Å². The summed E-state index contributed by atoms with van der Waals surface area (Å²) in [5, 5.41) is 12.8. The molecule has 2 amide bonds. The number of amidine groups is 1. The fraction of sp³-hybridized carbons (Fsp3) is 0.0370. The molecular formula is C27H25N5O3S. The fourth-order valence-electron chi connectivity index (χ4n) is 3.62. The van der Waals surface area contributed by atoms with Crippen LogP contribution in [0, 0.1) is 5.41 Å². The molecule has 0 radical (unpaired) electrons. The molecule has 182 valence electrons. The van der Waals surface area contributed by atoms with Crippen molar-refractivity contribution in [3.05, 3.63) is 126 Å². The quantitative estimate of drug-likeness (QED) is 0.177. The molecule has 4 aromatic rings. The summed E-state index contributed by atoms with van der Waals surface area (Å²) in [6.07, 6.45) is 0. The molecule has 36 heavy (non-hydrogen) atoms. The van der Waals surface area contributed by atoms with Crippen molar-refractivity contribution in [2.24, 2.45) is 5.73 Å². The third-order valence-corrected chi connectivity index (χ3v) is 6.83. The highest BCUT2D eigenvalue weighted by molar-refractivity contribution is 7.89. The van der Waals surface area contributed by atoms with Crippen molar-refractivity contribution in [3.63, 3.8) is 0 Å². The second-order valence-corrected chi connectivity index (χ2v) is 9.69. The van der Waals surface area contributed by atoms with E-state index in [9.17, 15) is 13.2 Å². The molecule has 0 aliphatic carbocycles. The molecule has 0 aliphatic heterocycles. The monoisotopic (exact) mass is 499 g/mol. The summed E-state index contributed by atoms with van der Waals surface area (Å²) >= 11 is 0. The van der Waals surface area contributed by atoms with Crippen molar-refractivity contribution in [2.75, 3.05) is 10.6 Å². The van der Waals surface area contributed by atoms with Gasteiger partial charge in [-0.25, -0.2) is 13.2 Å². The van der Waals surface area contributed by atoms with E-state index >= 15 is 0 Å². The Bertz CT molecular complexity index is 1420. The Balaban J connectivity index is 1.47. The molecule has 0 spiro atoms. The van der Waals surface area contributed by atoms with E-state index in [2.05, 4.69) is 15.4 Å². The predicted octanol–water partition coefficient (Wildman–Crippen LogP) is 4.68. The molecule has 0 saturated carbocycles. The highest BCUT2D eigenvalue weighted by Gasteiger charge is 2.23. The molecule has 0 aliphatic rings. The van der Waals surface area contributed by atoms with Crippen molar-refractivity contribution in [3.8, 4) is 0 Å². The average molecular weight is 500 g/mol. The number of hydrogen-bond acceptors (Lipinski definition) is 4. The summed E-state index contributed by atoms with van der Waals surface area (Å²) in [4.78, 5) is 12.4. The largest absolute Gasteiger partial charge is 0.384 e. The Kier molecular flexibility index (Phi) is 7.43. The number of carbonyl (C=O) groups is 1. The third-order valence-electron chi connectivity index (χ3n) is 5.39. The first-order chi connectivity index (χ1) is 17.3. The Hall–Kier alpha value is -4.47. The number of nitrogens with one attached hydrogen (secondary N) is 4. The van der Waals surface area contributed by atoms with Gasteiger partial charge >= 0.3 is 6.03 Å². The van der Waals surface area contributed by atoms with E-state index in [4.69, 9.17) is 11.1 Å². The SMILES string of the molecule is N=C(N)c1cccc(NC(=O)Nc2ccc(S(=O)(=O)NC(c3ccccc3)c3ccccc3)cc2)c1. The Morgan fingerprint density at radius 2 is 1.28 bits per heavy atom. The molecule has 0 unspecified atom stereocenters. The van der Waals surface area contributed by atoms with Crippen LogP contribution in [-0.2, 0) is 10.0 Å². The lowest BCUT2D eigenvalue weighted by Gasteiger charge is -2.20. The summed E-state index contributed by atoms with van der Waals surface area (Å²) in [5.41, 5.74) is 8.48. The molecule has 0 fully saturated rings. The summed E-state index contributed by atoms with van der Waals surface area (Å²) in [7, 11) is -3.87. The van der Waals surface area contributed by atoms with Gasteiger partial charge in [-0.2, -0.15) is 4.72 Å². The number of anilines is 2. The summed E-state index contributed by atoms with van der Waals surface area (Å²) in [6.45, 7) is 0. The smallest absolute Gasteiger partial charge is 0.323 e. The average Bonchev–Trinajstić information content (AvgIpc) is 2.89. The normalized spacial score (nSPS) is 11.1. The number of benzene rings is 4. The number of rotatable bonds is 8. The van der Waals surface area contributed by atoms with Gasteiger partial charge in [0.25, 0.3) is 0 Å². The van der Waals surface area contributed by atoms with Crippen molar-refractivity contribution in [1.29, 1.82) is 5.41 Å². The van der Waals surface area contributed by atoms with Gasteiger partial charge in [-0.15, -0.1) is 0 Å². The lowest BCUT2D eigenvalue weighted by Crippen LogP contribution is -2.29. The maximum atomic E-state index is 13.2. The van der Waals surface area contributed by atoms with Gasteiger partial charge in [0, 0.05) is 16.9 Å². The molecule has 0 aromatic heterocycles. The topological polar surface area (TPSA) is 137 Å². The van der Waals surface area contributed by atoms with Crippen molar-refractivity contribution in [2.45, 2.75) is 10.9 Å². The number of carbonyl (C=O) groups excluding carboxylic acids is 1. The van der Waals surface area contributed by atoms with Gasteiger partial charge in [-0.3, -0.25) is 5.41 Å². The first kappa shape index (κ1) is 24.6. The van der Waals surface area contributed by atoms with Crippen LogP contribution in [0.25, 0.3) is 0 Å². The minimum Gasteiger partial charge on any atom is -0.384 e. The minimum absolute atomic E-state index is 0.0690. The van der Waals surface area contributed by atoms with Gasteiger partial charge in [0.05, 0.1) is 10.9 Å². The van der Waals surface area contributed by atoms with E-state index in [1.54, 1.807) is 24.3 Å². The van der Waals surface area contributed by atoms with Crippen molar-refractivity contribution in [1.82, 2.24) is 4.72 Å². The first-order valence-corrected chi connectivity index (χ1v) is 12.5. The number of nitrogen functional groups attached to an aromatic ring is 1. The standard InChI is InChI=1S/C27H25N5O3S/c28-26(29)21-12-7-13-23(18-21)31-27(33)30-22-14-16-24(17-15-22)36(34,35)32-25(19-8-3-1-4-9-19)20-10-5-2-6-11-20/h1-18,25,32H,(H3,28,29)(H2,30,31,33). The maximum absolute atomic E-state index is 13.2. The second-order valence-electron chi connectivity index (χ2n) is 7.97. The lowest BCUT2D eigenvalue weighted by molar-refractivity contribution is 0.262. The van der Waals surface area contributed by atoms with Crippen LogP contribution in [0.3, 0.4) is 0 Å². The fourth-order valence-corrected chi connectivity index (χ4v) is 4.83. The molecule has 4 aromatic carbocycles. The van der Waals surface area contributed by atoms with Gasteiger partial charge < -0.3 is 16.4 Å². The zero-order chi connectivity index (χ0) is 25.5. The van der Waals surface area contributed by atoms with Gasteiger partial charge in [0.15, 0.2) is 0 Å². The van der Waals surface area contributed by atoms with Crippen LogP contribution >= 0.6 is 0 Å². The highest BCUT2D eigenvalue weighted by Crippen LogP contribution is 2.25. The van der Waals surface area contributed by atoms with E-state index in [0.29, 0.717) is 16.9 Å². The van der Waals surface area contributed by atoms with E-state index < -0.39 is 22.1 Å². The van der Waals surface area contributed by atoms with Crippen molar-refractivity contribution >= 4 is 33.3 Å². The molecule has 0 atom stereocenters. The molecule has 0 bridgehead atoms. The highest BCUT2D eigenvalue weighted by atomic mass is 32.2. The first-order valence-electron chi connectivity index (χ1n) is 11.1. The zero-order valence-electron chi connectivity index (χ0n) is 19.2. The van der Waals surface area contributed by atoms with E-state index in [1.807, 2.05) is 60.7 Å². The molecule has 4 rings (SSSR count). The van der Waals surface area contributed by atoms with Crippen molar-refractivity contribution < 1.29 is 13.2 Å². The molecule has 9 heteroatoms. The number of nitrogens with two attached hydrogens (primary N) is 1. The molecule has 6 N–H and O–H groups in total. The van der Waals surface area contributed by atoms with Gasteiger partial charge in [0.2, 0.25) is 10.0 Å². The van der Waals surface area contributed by atoms with Gasteiger partial charge in [0.1, 0.15) is 5.84 Å². The zero-order valence-corrected chi connectivity index (χ0v) is 20.0. The number of urea groups is 1. The van der Waals surface area contributed by atoms with E-state index in [1.165, 1.54) is 24.3 Å². The van der Waals surface area contributed by atoms with Gasteiger partial charge in [-0.1, -0.05) is 72.8 Å². The molecular weight excluding hydrogens is 474 g/mol. The number of sulfonamides is 1. The number of amides is 2. The Labute approximate surface area is 209 Å². The summed E-state index contributed by atoms with van der Waals surface area (Å²) < 4.78 is 29.2. The molecule has 8 nitrogen and oxygen atoms in total.